The van der Waals surface area contributed by atoms with Gasteiger partial charge in [0.25, 0.3) is 0 Å². The summed E-state index contributed by atoms with van der Waals surface area (Å²) in [7, 11) is 0. The lowest BCUT2D eigenvalue weighted by Crippen LogP contribution is -2.36. The molecule has 0 amide bonds. The van der Waals surface area contributed by atoms with E-state index in [4.69, 9.17) is 4.98 Å². The standard InChI is InChI=1S/C15H26N4O/c1-5-16-12-10-13(18-14(17-12)15(2,3)4)19-8-6-11(20)7-9-19/h10-11,20H,5-9H2,1-4H3,(H,16,17,18). The molecule has 112 valence electrons. The third-order valence-electron chi connectivity index (χ3n) is 3.53. The maximum absolute atomic E-state index is 9.62. The van der Waals surface area contributed by atoms with Crippen molar-refractivity contribution >= 4 is 11.6 Å². The first-order valence-electron chi connectivity index (χ1n) is 7.46. The largest absolute Gasteiger partial charge is 0.393 e. The van der Waals surface area contributed by atoms with Crippen LogP contribution in [-0.2, 0) is 5.41 Å². The van der Waals surface area contributed by atoms with Crippen LogP contribution in [0, 0.1) is 0 Å². The number of aromatic nitrogens is 2. The van der Waals surface area contributed by atoms with Gasteiger partial charge in [-0.3, -0.25) is 0 Å². The maximum atomic E-state index is 9.62. The Hall–Kier alpha value is -1.36. The van der Waals surface area contributed by atoms with Crippen LogP contribution in [0.15, 0.2) is 6.07 Å². The van der Waals surface area contributed by atoms with Gasteiger partial charge in [-0.25, -0.2) is 9.97 Å². The van der Waals surface area contributed by atoms with Gasteiger partial charge in [-0.1, -0.05) is 20.8 Å². The van der Waals surface area contributed by atoms with Crippen LogP contribution in [0.5, 0.6) is 0 Å². The minimum Gasteiger partial charge on any atom is -0.393 e. The average molecular weight is 278 g/mol. The van der Waals surface area contributed by atoms with E-state index in [1.54, 1.807) is 0 Å². The number of hydrogen-bond donors (Lipinski definition) is 2. The molecule has 0 atom stereocenters. The first-order chi connectivity index (χ1) is 9.40. The van der Waals surface area contributed by atoms with E-state index in [0.717, 1.165) is 49.9 Å². The Morgan fingerprint density at radius 3 is 2.50 bits per heavy atom. The van der Waals surface area contributed by atoms with Crippen LogP contribution in [0.25, 0.3) is 0 Å². The van der Waals surface area contributed by atoms with E-state index in [-0.39, 0.29) is 11.5 Å². The number of anilines is 2. The van der Waals surface area contributed by atoms with Gasteiger partial charge >= 0.3 is 0 Å². The number of rotatable bonds is 3. The number of aliphatic hydroxyl groups excluding tert-OH is 1. The zero-order valence-corrected chi connectivity index (χ0v) is 13.0. The summed E-state index contributed by atoms with van der Waals surface area (Å²) in [6.45, 7) is 11.0. The molecule has 0 aromatic carbocycles. The molecule has 0 radical (unpaired) electrons. The van der Waals surface area contributed by atoms with Crippen molar-refractivity contribution in [1.82, 2.24) is 9.97 Å². The number of nitrogens with zero attached hydrogens (tertiary/aromatic N) is 3. The van der Waals surface area contributed by atoms with Gasteiger partial charge in [-0.15, -0.1) is 0 Å². The van der Waals surface area contributed by atoms with E-state index in [1.807, 2.05) is 6.07 Å². The van der Waals surface area contributed by atoms with Gasteiger partial charge in [0.2, 0.25) is 0 Å². The molecule has 1 fully saturated rings. The normalized spacial score (nSPS) is 17.4. The molecule has 1 aromatic rings. The van der Waals surface area contributed by atoms with Gasteiger partial charge in [-0.2, -0.15) is 0 Å². The molecular formula is C15H26N4O. The van der Waals surface area contributed by atoms with E-state index in [0.29, 0.717) is 0 Å². The minimum absolute atomic E-state index is 0.0739. The lowest BCUT2D eigenvalue weighted by atomic mass is 9.95. The van der Waals surface area contributed by atoms with Crippen LogP contribution < -0.4 is 10.2 Å². The third kappa shape index (κ3) is 3.60. The highest BCUT2D eigenvalue weighted by molar-refractivity contribution is 5.50. The van der Waals surface area contributed by atoms with Gasteiger partial charge in [0.05, 0.1) is 6.10 Å². The van der Waals surface area contributed by atoms with Gasteiger partial charge in [-0.05, 0) is 19.8 Å². The molecule has 2 N–H and O–H groups in total. The van der Waals surface area contributed by atoms with Crippen LogP contribution in [0.3, 0.4) is 0 Å². The third-order valence-corrected chi connectivity index (χ3v) is 3.53. The highest BCUT2D eigenvalue weighted by Gasteiger charge is 2.23. The predicted octanol–water partition coefficient (Wildman–Crippen LogP) is 2.17. The van der Waals surface area contributed by atoms with Gasteiger partial charge < -0.3 is 15.3 Å². The van der Waals surface area contributed by atoms with Crippen LogP contribution >= 0.6 is 0 Å². The molecule has 2 rings (SSSR count). The monoisotopic (exact) mass is 278 g/mol. The summed E-state index contributed by atoms with van der Waals surface area (Å²) in [6.07, 6.45) is 1.46. The second-order valence-electron chi connectivity index (χ2n) is 6.43. The summed E-state index contributed by atoms with van der Waals surface area (Å²) in [5.41, 5.74) is -0.0739. The van der Waals surface area contributed by atoms with Crippen LogP contribution in [0.2, 0.25) is 0 Å². The lowest BCUT2D eigenvalue weighted by Gasteiger charge is -2.31. The Bertz CT molecular complexity index is 448. The van der Waals surface area contributed by atoms with Crippen LogP contribution in [-0.4, -0.2) is 40.8 Å². The molecule has 0 aliphatic carbocycles. The van der Waals surface area contributed by atoms with Crippen LogP contribution in [0.4, 0.5) is 11.6 Å². The van der Waals surface area contributed by atoms with E-state index >= 15 is 0 Å². The SMILES string of the molecule is CCNc1cc(N2CCC(O)CC2)nc(C(C)(C)C)n1. The molecular weight excluding hydrogens is 252 g/mol. The van der Waals surface area contributed by atoms with Crippen molar-refractivity contribution in [2.24, 2.45) is 0 Å². The summed E-state index contributed by atoms with van der Waals surface area (Å²) in [6, 6.07) is 2.01. The van der Waals surface area contributed by atoms with E-state index in [9.17, 15) is 5.11 Å². The Morgan fingerprint density at radius 2 is 1.95 bits per heavy atom. The second-order valence-corrected chi connectivity index (χ2v) is 6.43. The van der Waals surface area contributed by atoms with Crippen molar-refractivity contribution in [3.05, 3.63) is 11.9 Å². The number of aliphatic hydroxyl groups is 1. The number of piperidine rings is 1. The Balaban J connectivity index is 2.29. The van der Waals surface area contributed by atoms with Crippen LogP contribution in [0.1, 0.15) is 46.4 Å². The van der Waals surface area contributed by atoms with Gasteiger partial charge in [0, 0.05) is 31.1 Å². The topological polar surface area (TPSA) is 61.3 Å². The molecule has 0 bridgehead atoms. The molecule has 5 heteroatoms. The van der Waals surface area contributed by atoms with Crippen molar-refractivity contribution in [2.45, 2.75) is 52.1 Å². The van der Waals surface area contributed by atoms with Crippen molar-refractivity contribution in [2.75, 3.05) is 29.9 Å². The van der Waals surface area contributed by atoms with E-state index in [2.05, 4.69) is 42.9 Å². The van der Waals surface area contributed by atoms with Crippen molar-refractivity contribution in [3.63, 3.8) is 0 Å². The molecule has 1 saturated heterocycles. The van der Waals surface area contributed by atoms with Crippen molar-refractivity contribution < 1.29 is 5.11 Å². The maximum Gasteiger partial charge on any atom is 0.138 e. The summed E-state index contributed by atoms with van der Waals surface area (Å²) in [5.74, 6) is 2.71. The van der Waals surface area contributed by atoms with E-state index in [1.165, 1.54) is 0 Å². The van der Waals surface area contributed by atoms with Gasteiger partial charge in [0.15, 0.2) is 0 Å². The minimum atomic E-state index is -0.164. The fourth-order valence-corrected chi connectivity index (χ4v) is 2.30. The number of hydrogen-bond acceptors (Lipinski definition) is 5. The summed E-state index contributed by atoms with van der Waals surface area (Å²) in [5, 5.41) is 12.9. The zero-order valence-electron chi connectivity index (χ0n) is 13.0. The fourth-order valence-electron chi connectivity index (χ4n) is 2.30. The molecule has 1 aliphatic rings. The highest BCUT2D eigenvalue weighted by atomic mass is 16.3. The van der Waals surface area contributed by atoms with Gasteiger partial charge in [0.1, 0.15) is 17.5 Å². The average Bonchev–Trinajstić information content (AvgIpc) is 2.38. The molecule has 2 heterocycles. The Morgan fingerprint density at radius 1 is 1.30 bits per heavy atom. The quantitative estimate of drug-likeness (QED) is 0.887. The Labute approximate surface area is 121 Å². The Kier molecular flexibility index (Phi) is 4.48. The molecule has 5 nitrogen and oxygen atoms in total. The molecule has 0 unspecified atom stereocenters. The lowest BCUT2D eigenvalue weighted by molar-refractivity contribution is 0.145. The smallest absolute Gasteiger partial charge is 0.138 e. The molecule has 0 spiro atoms. The summed E-state index contributed by atoms with van der Waals surface area (Å²) in [4.78, 5) is 11.6. The first kappa shape index (κ1) is 15.0. The first-order valence-corrected chi connectivity index (χ1v) is 7.46. The van der Waals surface area contributed by atoms with Crippen molar-refractivity contribution in [3.8, 4) is 0 Å². The molecule has 20 heavy (non-hydrogen) atoms. The fraction of sp³-hybridized carbons (Fsp3) is 0.733. The van der Waals surface area contributed by atoms with Crippen molar-refractivity contribution in [1.29, 1.82) is 0 Å². The van der Waals surface area contributed by atoms with E-state index < -0.39 is 0 Å². The number of nitrogens with one attached hydrogen (secondary N) is 1. The predicted molar refractivity (Wildman–Crippen MR) is 82.3 cm³/mol. The molecule has 0 saturated carbocycles. The summed E-state index contributed by atoms with van der Waals surface area (Å²) < 4.78 is 0. The molecule has 1 aliphatic heterocycles. The summed E-state index contributed by atoms with van der Waals surface area (Å²) >= 11 is 0. The zero-order chi connectivity index (χ0) is 14.8. The molecule has 1 aromatic heterocycles. The highest BCUT2D eigenvalue weighted by Crippen LogP contribution is 2.25. The second kappa shape index (κ2) is 5.95.